The lowest BCUT2D eigenvalue weighted by Crippen LogP contribution is -2.08. The van der Waals surface area contributed by atoms with E-state index in [1.165, 1.54) is 0 Å². The van der Waals surface area contributed by atoms with E-state index < -0.39 is 16.2 Å². The van der Waals surface area contributed by atoms with Crippen LogP contribution < -0.4 is 0 Å². The molecule has 0 aromatic carbocycles. The zero-order valence-corrected chi connectivity index (χ0v) is 9.78. The first-order valence-corrected chi connectivity index (χ1v) is 5.60. The lowest BCUT2D eigenvalue weighted by Gasteiger charge is -2.09. The molecule has 6 heteroatoms. The van der Waals surface area contributed by atoms with Gasteiger partial charge in [0.25, 0.3) is 10.1 Å². The Morgan fingerprint density at radius 1 is 1.43 bits per heavy atom. The lowest BCUT2D eigenvalue weighted by molar-refractivity contribution is 0.232. The van der Waals surface area contributed by atoms with Crippen molar-refractivity contribution in [3.05, 3.63) is 30.1 Å². The van der Waals surface area contributed by atoms with Gasteiger partial charge in [-0.15, -0.1) is 0 Å². The van der Waals surface area contributed by atoms with E-state index >= 15 is 0 Å². The van der Waals surface area contributed by atoms with E-state index in [9.17, 15) is 8.42 Å². The van der Waals surface area contributed by atoms with Gasteiger partial charge in [-0.2, -0.15) is 21.9 Å². The average Bonchev–Trinajstić information content (AvgIpc) is 2.03. The summed E-state index contributed by atoms with van der Waals surface area (Å²) in [7, 11) is -3.41. The standard InChI is InChI=1S/C8H11NO3S.H2S/c1-7(12-13(2,10)11)8-5-3-4-6-9-8;/h3-7H,1-2H3;1H2/t7-;/m0./s1. The minimum atomic E-state index is -3.41. The first-order valence-electron chi connectivity index (χ1n) is 3.78. The van der Waals surface area contributed by atoms with Gasteiger partial charge in [0, 0.05) is 6.20 Å². The molecule has 0 aliphatic carbocycles. The van der Waals surface area contributed by atoms with Gasteiger partial charge in [0.05, 0.1) is 11.9 Å². The Morgan fingerprint density at radius 2 is 2.07 bits per heavy atom. The maximum atomic E-state index is 10.8. The van der Waals surface area contributed by atoms with Gasteiger partial charge >= 0.3 is 0 Å². The molecule has 0 fully saturated rings. The minimum absolute atomic E-state index is 0. The summed E-state index contributed by atoms with van der Waals surface area (Å²) in [6.45, 7) is 1.64. The second-order valence-electron chi connectivity index (χ2n) is 2.70. The molecule has 0 unspecified atom stereocenters. The van der Waals surface area contributed by atoms with Crippen molar-refractivity contribution in [2.45, 2.75) is 13.0 Å². The third-order valence-electron chi connectivity index (χ3n) is 1.42. The zero-order valence-electron chi connectivity index (χ0n) is 7.97. The Bertz CT molecular complexity index is 363. The van der Waals surface area contributed by atoms with E-state index in [1.807, 2.05) is 0 Å². The molecule has 1 aromatic rings. The van der Waals surface area contributed by atoms with Crippen LogP contribution in [0.1, 0.15) is 18.7 Å². The highest BCUT2D eigenvalue weighted by atomic mass is 32.2. The molecule has 0 aliphatic heterocycles. The van der Waals surface area contributed by atoms with Crippen molar-refractivity contribution in [3.8, 4) is 0 Å². The molecule has 80 valence electrons. The van der Waals surface area contributed by atoms with Crippen LogP contribution >= 0.6 is 13.5 Å². The van der Waals surface area contributed by atoms with Crippen molar-refractivity contribution in [2.24, 2.45) is 0 Å². The fraction of sp³-hybridized carbons (Fsp3) is 0.375. The van der Waals surface area contributed by atoms with E-state index in [2.05, 4.69) is 4.98 Å². The van der Waals surface area contributed by atoms with Crippen LogP contribution in [-0.4, -0.2) is 19.7 Å². The fourth-order valence-corrected chi connectivity index (χ4v) is 1.55. The van der Waals surface area contributed by atoms with E-state index in [1.54, 1.807) is 31.3 Å². The van der Waals surface area contributed by atoms with Crippen LogP contribution in [-0.2, 0) is 14.3 Å². The van der Waals surface area contributed by atoms with Crippen LogP contribution in [0.3, 0.4) is 0 Å². The molecule has 0 aliphatic rings. The maximum absolute atomic E-state index is 10.8. The Labute approximate surface area is 90.9 Å². The highest BCUT2D eigenvalue weighted by Crippen LogP contribution is 2.15. The summed E-state index contributed by atoms with van der Waals surface area (Å²) in [6.07, 6.45) is 2.08. The summed E-state index contributed by atoms with van der Waals surface area (Å²) < 4.78 is 26.3. The van der Waals surface area contributed by atoms with E-state index in [4.69, 9.17) is 4.18 Å². The summed E-state index contributed by atoms with van der Waals surface area (Å²) in [5, 5.41) is 0. The molecule has 14 heavy (non-hydrogen) atoms. The van der Waals surface area contributed by atoms with E-state index in [0.29, 0.717) is 5.69 Å². The molecule has 0 saturated carbocycles. The van der Waals surface area contributed by atoms with Crippen LogP contribution in [0.2, 0.25) is 0 Å². The molecule has 0 bridgehead atoms. The topological polar surface area (TPSA) is 56.3 Å². The minimum Gasteiger partial charge on any atom is -0.261 e. The van der Waals surface area contributed by atoms with Gasteiger partial charge in [-0.3, -0.25) is 9.17 Å². The fourth-order valence-electron chi connectivity index (χ4n) is 0.928. The van der Waals surface area contributed by atoms with Gasteiger partial charge in [0.1, 0.15) is 6.10 Å². The normalized spacial score (nSPS) is 13.0. The molecule has 0 spiro atoms. The molecule has 0 saturated heterocycles. The van der Waals surface area contributed by atoms with Crippen LogP contribution in [0.5, 0.6) is 0 Å². The molecular formula is C8H13NO3S2. The number of pyridine rings is 1. The number of nitrogens with zero attached hydrogens (tertiary/aromatic N) is 1. The second-order valence-corrected chi connectivity index (χ2v) is 4.30. The third-order valence-corrected chi connectivity index (χ3v) is 2.06. The molecule has 1 rings (SSSR count). The highest BCUT2D eigenvalue weighted by molar-refractivity contribution is 7.86. The maximum Gasteiger partial charge on any atom is 0.265 e. The van der Waals surface area contributed by atoms with Gasteiger partial charge in [0.15, 0.2) is 0 Å². The molecule has 4 nitrogen and oxygen atoms in total. The quantitative estimate of drug-likeness (QED) is 0.739. The molecule has 0 N–H and O–H groups in total. The molecular weight excluding hydrogens is 222 g/mol. The molecule has 1 heterocycles. The lowest BCUT2D eigenvalue weighted by atomic mass is 10.2. The van der Waals surface area contributed by atoms with Crippen molar-refractivity contribution in [1.82, 2.24) is 4.98 Å². The smallest absolute Gasteiger partial charge is 0.261 e. The Balaban J connectivity index is 0.00000169. The summed E-state index contributed by atoms with van der Waals surface area (Å²) in [5.74, 6) is 0. The molecule has 0 amide bonds. The van der Waals surface area contributed by atoms with Crippen LogP contribution in [0.4, 0.5) is 0 Å². The first kappa shape index (κ1) is 13.4. The van der Waals surface area contributed by atoms with Gasteiger partial charge in [0.2, 0.25) is 0 Å². The summed E-state index contributed by atoms with van der Waals surface area (Å²) in [6, 6.07) is 5.26. The Kier molecular flexibility index (Phi) is 5.11. The number of rotatable bonds is 3. The number of hydrogen-bond donors (Lipinski definition) is 0. The van der Waals surface area contributed by atoms with Gasteiger partial charge in [-0.1, -0.05) is 6.07 Å². The highest BCUT2D eigenvalue weighted by Gasteiger charge is 2.12. The van der Waals surface area contributed by atoms with Crippen molar-refractivity contribution in [1.29, 1.82) is 0 Å². The van der Waals surface area contributed by atoms with Crippen LogP contribution in [0.15, 0.2) is 24.4 Å². The average molecular weight is 235 g/mol. The predicted octanol–water partition coefficient (Wildman–Crippen LogP) is 1.23. The summed E-state index contributed by atoms with van der Waals surface area (Å²) in [4.78, 5) is 3.97. The van der Waals surface area contributed by atoms with Gasteiger partial charge < -0.3 is 0 Å². The Hall–Kier alpha value is -0.590. The Morgan fingerprint density at radius 3 is 2.50 bits per heavy atom. The molecule has 1 aromatic heterocycles. The third kappa shape index (κ3) is 4.59. The molecule has 1 atom stereocenters. The number of hydrogen-bond acceptors (Lipinski definition) is 4. The van der Waals surface area contributed by atoms with Crippen molar-refractivity contribution >= 4 is 23.6 Å². The van der Waals surface area contributed by atoms with E-state index in [0.717, 1.165) is 6.26 Å². The van der Waals surface area contributed by atoms with Gasteiger partial charge in [-0.25, -0.2) is 0 Å². The summed E-state index contributed by atoms with van der Waals surface area (Å²) in [5.41, 5.74) is 0.605. The zero-order chi connectivity index (χ0) is 9.90. The number of aromatic nitrogens is 1. The SMILES string of the molecule is C[C@H](OS(C)(=O)=O)c1ccccn1.S. The molecule has 0 radical (unpaired) electrons. The van der Waals surface area contributed by atoms with Gasteiger partial charge in [-0.05, 0) is 19.1 Å². The van der Waals surface area contributed by atoms with E-state index in [-0.39, 0.29) is 13.5 Å². The largest absolute Gasteiger partial charge is 0.265 e. The first-order chi connectivity index (χ1) is 5.99. The van der Waals surface area contributed by atoms with Crippen LogP contribution in [0.25, 0.3) is 0 Å². The van der Waals surface area contributed by atoms with Crippen molar-refractivity contribution < 1.29 is 12.6 Å². The van der Waals surface area contributed by atoms with Crippen molar-refractivity contribution in [3.63, 3.8) is 0 Å². The predicted molar refractivity (Wildman–Crippen MR) is 59.0 cm³/mol. The second kappa shape index (κ2) is 5.33. The van der Waals surface area contributed by atoms with Crippen molar-refractivity contribution in [2.75, 3.05) is 6.26 Å². The monoisotopic (exact) mass is 235 g/mol. The summed E-state index contributed by atoms with van der Waals surface area (Å²) >= 11 is 0. The van der Waals surface area contributed by atoms with Crippen LogP contribution in [0, 0.1) is 0 Å².